The number of ether oxygens (including phenoxy) is 3. The molecule has 1 fully saturated rings. The van der Waals surface area contributed by atoms with Gasteiger partial charge in [0.25, 0.3) is 11.7 Å². The summed E-state index contributed by atoms with van der Waals surface area (Å²) >= 11 is 12.5. The number of nitrogens with zero attached hydrogens (tertiary/aromatic N) is 1. The molecule has 1 amide bonds. The lowest BCUT2D eigenvalue weighted by Gasteiger charge is -2.26. The Morgan fingerprint density at radius 2 is 1.70 bits per heavy atom. The van der Waals surface area contributed by atoms with Crippen molar-refractivity contribution in [2.75, 3.05) is 25.7 Å². The van der Waals surface area contributed by atoms with Crippen molar-refractivity contribution in [3.8, 4) is 17.2 Å². The lowest BCUT2D eigenvalue weighted by Crippen LogP contribution is -2.29. The van der Waals surface area contributed by atoms with Gasteiger partial charge in [-0.25, -0.2) is 0 Å². The molecule has 0 spiro atoms. The van der Waals surface area contributed by atoms with Crippen LogP contribution in [0.5, 0.6) is 17.2 Å². The number of aliphatic hydroxyl groups is 1. The first-order valence-electron chi connectivity index (χ1n) is 11.5. The third kappa shape index (κ3) is 5.10. The molecule has 1 atom stereocenters. The van der Waals surface area contributed by atoms with Crippen LogP contribution in [0.2, 0.25) is 10.0 Å². The molecule has 37 heavy (non-hydrogen) atoms. The number of ketones is 1. The average Bonchev–Trinajstić information content (AvgIpc) is 3.17. The number of hydrogen-bond acceptors (Lipinski definition) is 6. The van der Waals surface area contributed by atoms with Crippen LogP contribution in [0.3, 0.4) is 0 Å². The fraction of sp³-hybridized carbons (Fsp3) is 0.214. The van der Waals surface area contributed by atoms with Crippen molar-refractivity contribution in [3.05, 3.63) is 87.4 Å². The molecule has 1 aliphatic rings. The number of anilines is 1. The largest absolute Gasteiger partial charge is 0.507 e. The van der Waals surface area contributed by atoms with Gasteiger partial charge in [0.1, 0.15) is 23.0 Å². The fourth-order valence-electron chi connectivity index (χ4n) is 4.26. The third-order valence-corrected chi connectivity index (χ3v) is 6.39. The highest BCUT2D eigenvalue weighted by Gasteiger charge is 2.47. The van der Waals surface area contributed by atoms with Crippen molar-refractivity contribution in [3.63, 3.8) is 0 Å². The molecule has 9 heteroatoms. The maximum atomic E-state index is 13.5. The predicted molar refractivity (Wildman–Crippen MR) is 143 cm³/mol. The summed E-state index contributed by atoms with van der Waals surface area (Å²) in [5, 5.41) is 11.9. The normalized spacial score (nSPS) is 16.7. The molecule has 1 heterocycles. The zero-order valence-corrected chi connectivity index (χ0v) is 22.0. The number of rotatable bonds is 8. The van der Waals surface area contributed by atoms with Crippen LogP contribution in [0, 0.1) is 0 Å². The number of hydrogen-bond donors (Lipinski definition) is 1. The van der Waals surface area contributed by atoms with E-state index in [2.05, 4.69) is 0 Å². The highest BCUT2D eigenvalue weighted by atomic mass is 35.5. The van der Waals surface area contributed by atoms with E-state index >= 15 is 0 Å². The minimum absolute atomic E-state index is 0.0898. The van der Waals surface area contributed by atoms with Gasteiger partial charge in [-0.05, 0) is 48.4 Å². The lowest BCUT2D eigenvalue weighted by molar-refractivity contribution is -0.132. The van der Waals surface area contributed by atoms with Gasteiger partial charge in [0.15, 0.2) is 0 Å². The van der Waals surface area contributed by atoms with E-state index in [1.54, 1.807) is 48.5 Å². The Labute approximate surface area is 224 Å². The molecular formula is C28H25Cl2NO6. The number of carbonyl (C=O) groups excluding carboxylic acids is 2. The van der Waals surface area contributed by atoms with Crippen molar-refractivity contribution in [2.45, 2.75) is 19.4 Å². The van der Waals surface area contributed by atoms with E-state index < -0.39 is 23.5 Å². The second kappa shape index (κ2) is 11.2. The summed E-state index contributed by atoms with van der Waals surface area (Å²) in [7, 11) is 2.89. The quantitative estimate of drug-likeness (QED) is 0.201. The molecule has 192 valence electrons. The number of carbonyl (C=O) groups is 2. The highest BCUT2D eigenvalue weighted by Crippen LogP contribution is 2.45. The van der Waals surface area contributed by atoms with Gasteiger partial charge in [-0.2, -0.15) is 0 Å². The molecule has 0 aliphatic carbocycles. The zero-order valence-electron chi connectivity index (χ0n) is 20.5. The van der Waals surface area contributed by atoms with Gasteiger partial charge < -0.3 is 19.3 Å². The molecule has 7 nitrogen and oxygen atoms in total. The van der Waals surface area contributed by atoms with Gasteiger partial charge in [-0.1, -0.05) is 48.3 Å². The molecule has 0 saturated carbocycles. The van der Waals surface area contributed by atoms with Crippen molar-refractivity contribution in [1.82, 2.24) is 0 Å². The van der Waals surface area contributed by atoms with Crippen LogP contribution in [0.15, 0.2) is 66.2 Å². The van der Waals surface area contributed by atoms with Crippen molar-refractivity contribution in [1.29, 1.82) is 0 Å². The maximum Gasteiger partial charge on any atom is 0.300 e. The second-order valence-electron chi connectivity index (χ2n) is 8.26. The smallest absolute Gasteiger partial charge is 0.300 e. The molecule has 0 radical (unpaired) electrons. The summed E-state index contributed by atoms with van der Waals surface area (Å²) in [5.74, 6) is -0.958. The van der Waals surface area contributed by atoms with Crippen LogP contribution in [-0.4, -0.2) is 37.6 Å². The fourth-order valence-corrected chi connectivity index (χ4v) is 4.83. The van der Waals surface area contributed by atoms with E-state index in [1.807, 2.05) is 6.92 Å². The van der Waals surface area contributed by atoms with Crippen molar-refractivity contribution >= 4 is 46.3 Å². The molecular weight excluding hydrogens is 517 g/mol. The summed E-state index contributed by atoms with van der Waals surface area (Å²) in [6.07, 6.45) is 0.807. The van der Waals surface area contributed by atoms with Gasteiger partial charge >= 0.3 is 0 Å². The predicted octanol–water partition coefficient (Wildman–Crippen LogP) is 6.43. The second-order valence-corrected chi connectivity index (χ2v) is 9.10. The van der Waals surface area contributed by atoms with E-state index in [-0.39, 0.29) is 26.9 Å². The summed E-state index contributed by atoms with van der Waals surface area (Å²) in [6.45, 7) is 2.49. The minimum atomic E-state index is -0.986. The van der Waals surface area contributed by atoms with E-state index in [0.717, 1.165) is 6.42 Å². The first-order valence-corrected chi connectivity index (χ1v) is 12.3. The maximum absolute atomic E-state index is 13.5. The van der Waals surface area contributed by atoms with Crippen LogP contribution in [0.25, 0.3) is 5.76 Å². The van der Waals surface area contributed by atoms with E-state index in [4.69, 9.17) is 37.4 Å². The molecule has 3 aromatic rings. The summed E-state index contributed by atoms with van der Waals surface area (Å²) < 4.78 is 16.5. The molecule has 3 aromatic carbocycles. The topological polar surface area (TPSA) is 85.3 Å². The molecule has 1 unspecified atom stereocenters. The number of Topliss-reactive ketones (excluding diaryl/α,β-unsaturated/α-hetero) is 1. The highest BCUT2D eigenvalue weighted by molar-refractivity contribution is 6.52. The van der Waals surface area contributed by atoms with Crippen molar-refractivity contribution in [2.24, 2.45) is 0 Å². The number of aliphatic hydroxyl groups excluding tert-OH is 1. The molecule has 0 bridgehead atoms. The van der Waals surface area contributed by atoms with Crippen LogP contribution in [0.1, 0.15) is 30.5 Å². The van der Waals surface area contributed by atoms with Gasteiger partial charge in [-0.15, -0.1) is 0 Å². The Morgan fingerprint density at radius 3 is 2.41 bits per heavy atom. The molecule has 4 rings (SSSR count). The van der Waals surface area contributed by atoms with Crippen LogP contribution >= 0.6 is 23.2 Å². The van der Waals surface area contributed by atoms with E-state index in [0.29, 0.717) is 29.4 Å². The SMILES string of the molecule is CCCOc1cccc(C2/C(=C(\O)c3cc(Cl)cc(Cl)c3OC)C(=O)C(=O)N2c2cccc(OC)c2)c1. The van der Waals surface area contributed by atoms with Gasteiger partial charge in [0, 0.05) is 16.8 Å². The van der Waals surface area contributed by atoms with E-state index in [1.165, 1.54) is 31.3 Å². The summed E-state index contributed by atoms with van der Waals surface area (Å²) in [4.78, 5) is 28.3. The summed E-state index contributed by atoms with van der Waals surface area (Å²) in [5.41, 5.74) is 0.926. The Bertz CT molecular complexity index is 1390. The van der Waals surface area contributed by atoms with E-state index in [9.17, 15) is 14.7 Å². The standard InChI is InChI=1S/C28H25Cl2NO6/c1-4-11-37-20-10-5-7-16(12-20)24-23(25(32)21-13-17(29)14-22(30)27(21)36-3)26(33)28(34)31(24)18-8-6-9-19(15-18)35-2/h5-10,12-15,24,32H,4,11H2,1-3H3/b25-23+. The van der Waals surface area contributed by atoms with Crippen LogP contribution in [-0.2, 0) is 9.59 Å². The number of amides is 1. The Kier molecular flexibility index (Phi) is 7.95. The number of methoxy groups -OCH3 is 2. The Balaban J connectivity index is 1.98. The van der Waals surface area contributed by atoms with Crippen LogP contribution in [0.4, 0.5) is 5.69 Å². The molecule has 0 aromatic heterocycles. The molecule has 1 N–H and O–H groups in total. The van der Waals surface area contributed by atoms with Gasteiger partial charge in [-0.3, -0.25) is 14.5 Å². The van der Waals surface area contributed by atoms with Gasteiger partial charge in [0.05, 0.1) is 43.0 Å². The zero-order chi connectivity index (χ0) is 26.7. The summed E-state index contributed by atoms with van der Waals surface area (Å²) in [6, 6.07) is 15.7. The van der Waals surface area contributed by atoms with Crippen molar-refractivity contribution < 1.29 is 28.9 Å². The monoisotopic (exact) mass is 541 g/mol. The van der Waals surface area contributed by atoms with Crippen LogP contribution < -0.4 is 19.1 Å². The third-order valence-electron chi connectivity index (χ3n) is 5.89. The average molecular weight is 542 g/mol. The Morgan fingerprint density at radius 1 is 0.973 bits per heavy atom. The Hall–Kier alpha value is -3.68. The lowest BCUT2D eigenvalue weighted by atomic mass is 9.94. The number of benzene rings is 3. The van der Waals surface area contributed by atoms with Gasteiger partial charge in [0.2, 0.25) is 0 Å². The molecule has 1 saturated heterocycles. The number of halogens is 2. The minimum Gasteiger partial charge on any atom is -0.507 e. The first kappa shape index (κ1) is 26.4. The molecule has 1 aliphatic heterocycles. The first-order chi connectivity index (χ1) is 17.8.